The van der Waals surface area contributed by atoms with Crippen molar-refractivity contribution in [2.75, 3.05) is 11.6 Å². The SMILES string of the molecule is O=[N+]([O-])c1ccc(Sc2cccc(N(CC(O)C(F)(F)F)Oc3cccc(C(F)(F)C(F)(F)C(F)(F)F)c3)c2)cc1. The molecule has 0 radical (unpaired) electrons. The fourth-order valence-electron chi connectivity index (χ4n) is 3.16. The monoisotopic (exact) mass is 618 g/mol. The number of alkyl halides is 10. The first kappa shape index (κ1) is 31.8. The van der Waals surface area contributed by atoms with Gasteiger partial charge in [0.1, 0.15) is 0 Å². The summed E-state index contributed by atoms with van der Waals surface area (Å²) in [6, 6.07) is 12.2. The molecular weight excluding hydrogens is 602 g/mol. The van der Waals surface area contributed by atoms with Crippen molar-refractivity contribution < 1.29 is 58.8 Å². The normalized spacial score (nSPS) is 13.5. The lowest BCUT2D eigenvalue weighted by atomic mass is 10.0. The molecule has 0 aliphatic rings. The van der Waals surface area contributed by atoms with E-state index < -0.39 is 53.1 Å². The lowest BCUT2D eigenvalue weighted by Gasteiger charge is -2.30. The fourth-order valence-corrected chi connectivity index (χ4v) is 4.04. The number of nitro groups is 1. The van der Waals surface area contributed by atoms with Gasteiger partial charge in [0.25, 0.3) is 5.69 Å². The van der Waals surface area contributed by atoms with E-state index in [2.05, 4.69) is 0 Å². The molecule has 0 spiro atoms. The number of nitrogens with zero attached hydrogens (tertiary/aromatic N) is 2. The molecule has 0 saturated heterocycles. The van der Waals surface area contributed by atoms with Crippen LogP contribution < -0.4 is 9.90 Å². The maximum absolute atomic E-state index is 14.2. The van der Waals surface area contributed by atoms with Gasteiger partial charge < -0.3 is 9.94 Å². The van der Waals surface area contributed by atoms with Crippen molar-refractivity contribution >= 4 is 23.1 Å². The Balaban J connectivity index is 1.95. The van der Waals surface area contributed by atoms with Crippen LogP contribution in [0.4, 0.5) is 55.3 Å². The molecule has 1 unspecified atom stereocenters. The molecule has 0 bridgehead atoms. The van der Waals surface area contributed by atoms with E-state index in [0.29, 0.717) is 20.9 Å². The lowest BCUT2D eigenvalue weighted by molar-refractivity contribution is -0.384. The van der Waals surface area contributed by atoms with Gasteiger partial charge in [0.05, 0.1) is 17.2 Å². The van der Waals surface area contributed by atoms with E-state index in [-0.39, 0.29) is 23.5 Å². The average Bonchev–Trinajstić information content (AvgIpc) is 2.87. The smallest absolute Gasteiger partial charge is 0.382 e. The molecule has 0 saturated carbocycles. The maximum atomic E-state index is 14.2. The van der Waals surface area contributed by atoms with Crippen LogP contribution in [-0.4, -0.2) is 41.0 Å². The Kier molecular flexibility index (Phi) is 9.02. The maximum Gasteiger partial charge on any atom is 0.460 e. The number of halogens is 10. The molecule has 3 aromatic carbocycles. The summed E-state index contributed by atoms with van der Waals surface area (Å²) in [5, 5.41) is 20.8. The standard InChI is InChI=1S/C24H16F10N2O4S/c25-21(26,23(30,31)24(32,33)34)14-3-1-5-17(11-14)40-35(13-20(37)22(27,28)29)16-4-2-6-19(12-16)41-18-9-7-15(8-10-18)36(38)39/h1-12,20,37H,13H2. The second-order valence-electron chi connectivity index (χ2n) is 8.23. The second-order valence-corrected chi connectivity index (χ2v) is 9.38. The molecule has 222 valence electrons. The molecule has 0 aromatic heterocycles. The molecule has 0 aliphatic carbocycles. The first-order valence-corrected chi connectivity index (χ1v) is 11.8. The molecule has 0 amide bonds. The quantitative estimate of drug-likeness (QED) is 0.142. The number of hydroxylamine groups is 1. The van der Waals surface area contributed by atoms with Crippen LogP contribution in [0.3, 0.4) is 0 Å². The number of rotatable bonds is 10. The second kappa shape index (κ2) is 11.6. The summed E-state index contributed by atoms with van der Waals surface area (Å²) in [5.74, 6) is -13.1. The van der Waals surface area contributed by atoms with E-state index in [1.165, 1.54) is 48.5 Å². The van der Waals surface area contributed by atoms with E-state index in [1.54, 1.807) is 0 Å². The summed E-state index contributed by atoms with van der Waals surface area (Å²) < 4.78 is 133. The van der Waals surface area contributed by atoms with E-state index in [9.17, 15) is 59.1 Å². The van der Waals surface area contributed by atoms with Crippen molar-refractivity contribution in [1.82, 2.24) is 0 Å². The number of non-ortho nitro benzene ring substituents is 1. The van der Waals surface area contributed by atoms with Crippen LogP contribution in [0, 0.1) is 10.1 Å². The largest absolute Gasteiger partial charge is 0.460 e. The summed E-state index contributed by atoms with van der Waals surface area (Å²) in [6.45, 7) is -1.37. The molecule has 0 aliphatic heterocycles. The van der Waals surface area contributed by atoms with Crippen LogP contribution in [0.25, 0.3) is 0 Å². The van der Waals surface area contributed by atoms with E-state index >= 15 is 0 Å². The molecule has 17 heteroatoms. The molecule has 0 fully saturated rings. The molecule has 41 heavy (non-hydrogen) atoms. The number of anilines is 1. The van der Waals surface area contributed by atoms with Crippen LogP contribution in [0.5, 0.6) is 5.75 Å². The first-order chi connectivity index (χ1) is 18.8. The van der Waals surface area contributed by atoms with Gasteiger partial charge in [-0.2, -0.15) is 43.9 Å². The number of aliphatic hydroxyl groups is 1. The van der Waals surface area contributed by atoms with Crippen molar-refractivity contribution in [2.45, 2.75) is 40.1 Å². The predicted molar refractivity (Wildman–Crippen MR) is 125 cm³/mol. The topological polar surface area (TPSA) is 75.8 Å². The Morgan fingerprint density at radius 2 is 1.46 bits per heavy atom. The number of benzene rings is 3. The lowest BCUT2D eigenvalue weighted by Crippen LogP contribution is -2.50. The number of nitro benzene ring substituents is 1. The summed E-state index contributed by atoms with van der Waals surface area (Å²) in [4.78, 5) is 16.2. The molecule has 1 atom stereocenters. The summed E-state index contributed by atoms with van der Waals surface area (Å²) in [7, 11) is 0. The Hall–Kier alpha value is -3.73. The van der Waals surface area contributed by atoms with Crippen LogP contribution >= 0.6 is 11.8 Å². The molecule has 1 N–H and O–H groups in total. The Morgan fingerprint density at radius 3 is 2.02 bits per heavy atom. The highest BCUT2D eigenvalue weighted by molar-refractivity contribution is 7.99. The van der Waals surface area contributed by atoms with Crippen molar-refractivity contribution in [1.29, 1.82) is 0 Å². The minimum absolute atomic E-state index is 0.0993. The van der Waals surface area contributed by atoms with E-state index in [4.69, 9.17) is 4.84 Å². The van der Waals surface area contributed by atoms with Crippen LogP contribution in [-0.2, 0) is 5.92 Å². The van der Waals surface area contributed by atoms with Gasteiger partial charge in [-0.15, -0.1) is 0 Å². The highest BCUT2D eigenvalue weighted by Gasteiger charge is 2.73. The zero-order chi connectivity index (χ0) is 30.8. The van der Waals surface area contributed by atoms with Gasteiger partial charge in [0.2, 0.25) is 0 Å². The van der Waals surface area contributed by atoms with Crippen molar-refractivity contribution in [3.8, 4) is 5.75 Å². The highest BCUT2D eigenvalue weighted by Crippen LogP contribution is 2.52. The fraction of sp³-hybridized carbons (Fsp3) is 0.250. The highest BCUT2D eigenvalue weighted by atomic mass is 32.2. The van der Waals surface area contributed by atoms with Gasteiger partial charge in [-0.1, -0.05) is 30.0 Å². The van der Waals surface area contributed by atoms with Crippen LogP contribution in [0.1, 0.15) is 5.56 Å². The van der Waals surface area contributed by atoms with Crippen molar-refractivity contribution in [3.05, 3.63) is 88.5 Å². The van der Waals surface area contributed by atoms with Gasteiger partial charge in [0.15, 0.2) is 11.9 Å². The van der Waals surface area contributed by atoms with Gasteiger partial charge in [0, 0.05) is 27.5 Å². The van der Waals surface area contributed by atoms with E-state index in [1.807, 2.05) is 0 Å². The van der Waals surface area contributed by atoms with Gasteiger partial charge in [-0.25, -0.2) is 5.06 Å². The summed E-state index contributed by atoms with van der Waals surface area (Å²) in [5.41, 5.74) is -2.25. The van der Waals surface area contributed by atoms with E-state index in [0.717, 1.165) is 17.8 Å². The van der Waals surface area contributed by atoms with Gasteiger partial charge >= 0.3 is 24.2 Å². The number of hydrogen-bond donors (Lipinski definition) is 1. The number of hydrogen-bond acceptors (Lipinski definition) is 6. The van der Waals surface area contributed by atoms with Crippen LogP contribution in [0.15, 0.2) is 82.6 Å². The molecule has 6 nitrogen and oxygen atoms in total. The van der Waals surface area contributed by atoms with Crippen molar-refractivity contribution in [3.63, 3.8) is 0 Å². The molecule has 3 rings (SSSR count). The predicted octanol–water partition coefficient (Wildman–Crippen LogP) is 7.76. The Bertz CT molecular complexity index is 1370. The zero-order valence-corrected chi connectivity index (χ0v) is 20.8. The average molecular weight is 618 g/mol. The Labute approximate surface area is 228 Å². The van der Waals surface area contributed by atoms with Gasteiger partial charge in [-0.3, -0.25) is 10.1 Å². The molecule has 3 aromatic rings. The first-order valence-electron chi connectivity index (χ1n) is 11.0. The third-order valence-corrected chi connectivity index (χ3v) is 6.27. The molecule has 0 heterocycles. The van der Waals surface area contributed by atoms with Crippen molar-refractivity contribution in [2.24, 2.45) is 0 Å². The summed E-state index contributed by atoms with van der Waals surface area (Å²) in [6.07, 6.45) is -14.9. The van der Waals surface area contributed by atoms with Gasteiger partial charge in [-0.05, 0) is 42.5 Å². The summed E-state index contributed by atoms with van der Waals surface area (Å²) >= 11 is 1.00. The number of aliphatic hydroxyl groups excluding tert-OH is 1. The minimum Gasteiger partial charge on any atom is -0.382 e. The third-order valence-electron chi connectivity index (χ3n) is 5.27. The minimum atomic E-state index is -6.63. The third kappa shape index (κ3) is 7.32. The molecular formula is C24H16F10N2O4S. The Morgan fingerprint density at radius 1 is 0.854 bits per heavy atom. The van der Waals surface area contributed by atoms with Crippen LogP contribution in [0.2, 0.25) is 0 Å². The zero-order valence-electron chi connectivity index (χ0n) is 20.0.